The Morgan fingerprint density at radius 1 is 0.900 bits per heavy atom. The van der Waals surface area contributed by atoms with Gasteiger partial charge in [-0.05, 0) is 109 Å². The van der Waals surface area contributed by atoms with E-state index >= 15 is 0 Å². The van der Waals surface area contributed by atoms with Crippen LogP contribution >= 0.6 is 43.6 Å². The summed E-state index contributed by atoms with van der Waals surface area (Å²) >= 11 is 9.01. The van der Waals surface area contributed by atoms with Crippen molar-refractivity contribution in [3.8, 4) is 5.75 Å². The maximum Gasteiger partial charge on any atom is 0.266 e. The van der Waals surface area contributed by atoms with Gasteiger partial charge in [0.1, 0.15) is 12.4 Å². The van der Waals surface area contributed by atoms with Crippen molar-refractivity contribution < 1.29 is 9.53 Å². The Morgan fingerprint density at radius 2 is 1.57 bits per heavy atom. The highest BCUT2D eigenvalue weighted by Crippen LogP contribution is 2.41. The molecule has 40 heavy (non-hydrogen) atoms. The Bertz CT molecular complexity index is 1430. The molecule has 0 radical (unpaired) electrons. The number of nitrogens with zero attached hydrogens (tertiary/aromatic N) is 2. The third-order valence-corrected chi connectivity index (χ3v) is 10.4. The lowest BCUT2D eigenvalue weighted by atomic mass is 9.94. The Morgan fingerprint density at radius 3 is 2.33 bits per heavy atom. The lowest BCUT2D eigenvalue weighted by Crippen LogP contribution is -2.41. The van der Waals surface area contributed by atoms with Gasteiger partial charge in [-0.1, -0.05) is 81.0 Å². The number of thioether (sulfide) groups is 1. The molecule has 3 fully saturated rings. The summed E-state index contributed by atoms with van der Waals surface area (Å²) in [5.74, 6) is 0.860. The summed E-state index contributed by atoms with van der Waals surface area (Å²) < 4.78 is 7.99. The number of fused-ring (bicyclic) bond motifs is 1. The molecule has 3 aromatic rings. The normalized spacial score (nSPS) is 21.1. The zero-order valence-corrected chi connectivity index (χ0v) is 26.6. The van der Waals surface area contributed by atoms with Crippen molar-refractivity contribution in [1.82, 2.24) is 4.90 Å². The molecule has 7 heteroatoms. The van der Waals surface area contributed by atoms with Crippen molar-refractivity contribution in [3.05, 3.63) is 79.6 Å². The summed E-state index contributed by atoms with van der Waals surface area (Å²) in [5, 5.41) is 3.32. The summed E-state index contributed by atoms with van der Waals surface area (Å²) in [6.07, 6.45) is 13.8. The molecule has 0 spiro atoms. The summed E-state index contributed by atoms with van der Waals surface area (Å²) in [5.41, 5.74) is 2.10. The average molecular weight is 683 g/mol. The van der Waals surface area contributed by atoms with Crippen LogP contribution in [0.3, 0.4) is 0 Å². The van der Waals surface area contributed by atoms with Gasteiger partial charge in [0.15, 0.2) is 5.17 Å². The highest BCUT2D eigenvalue weighted by molar-refractivity contribution is 9.11. The van der Waals surface area contributed by atoms with E-state index in [0.29, 0.717) is 12.6 Å². The van der Waals surface area contributed by atoms with Crippen LogP contribution in [0.1, 0.15) is 75.3 Å². The van der Waals surface area contributed by atoms with Gasteiger partial charge >= 0.3 is 0 Å². The monoisotopic (exact) mass is 680 g/mol. The zero-order valence-electron chi connectivity index (χ0n) is 22.6. The molecule has 2 saturated carbocycles. The fourth-order valence-electron chi connectivity index (χ4n) is 6.12. The maximum atomic E-state index is 13.8. The summed E-state index contributed by atoms with van der Waals surface area (Å²) in [7, 11) is 0. The number of benzene rings is 3. The number of halogens is 2. The van der Waals surface area contributed by atoms with E-state index in [0.717, 1.165) is 61.6 Å². The van der Waals surface area contributed by atoms with Gasteiger partial charge in [0.25, 0.3) is 5.91 Å². The molecule has 3 aliphatic rings. The van der Waals surface area contributed by atoms with Crippen LogP contribution in [0.25, 0.3) is 16.8 Å². The van der Waals surface area contributed by atoms with Crippen molar-refractivity contribution in [1.29, 1.82) is 0 Å². The number of rotatable bonds is 6. The van der Waals surface area contributed by atoms with Crippen LogP contribution < -0.4 is 4.74 Å². The number of amides is 1. The molecule has 0 aromatic heterocycles. The van der Waals surface area contributed by atoms with E-state index in [2.05, 4.69) is 74.3 Å². The van der Waals surface area contributed by atoms with Crippen LogP contribution in [-0.4, -0.2) is 28.1 Å². The molecule has 1 amide bonds. The maximum absolute atomic E-state index is 13.8. The fourth-order valence-corrected chi connectivity index (χ4v) is 8.68. The first-order valence-electron chi connectivity index (χ1n) is 14.5. The second kappa shape index (κ2) is 12.8. The van der Waals surface area contributed by atoms with E-state index < -0.39 is 0 Å². The molecule has 4 nitrogen and oxygen atoms in total. The van der Waals surface area contributed by atoms with Crippen molar-refractivity contribution in [3.63, 3.8) is 0 Å². The number of ether oxygens (including phenoxy) is 1. The van der Waals surface area contributed by atoms with E-state index in [4.69, 9.17) is 9.73 Å². The van der Waals surface area contributed by atoms with Crippen LogP contribution in [0.15, 0.2) is 73.4 Å². The van der Waals surface area contributed by atoms with Gasteiger partial charge < -0.3 is 4.74 Å². The van der Waals surface area contributed by atoms with Crippen LogP contribution in [-0.2, 0) is 11.4 Å². The molecular weight excluding hydrogens is 648 g/mol. The second-order valence-corrected chi connectivity index (χ2v) is 13.7. The molecule has 0 unspecified atom stereocenters. The minimum atomic E-state index is 0.106. The Balaban J connectivity index is 1.24. The quantitative estimate of drug-likeness (QED) is 0.243. The number of hydrogen-bond acceptors (Lipinski definition) is 4. The first kappa shape index (κ1) is 28.0. The van der Waals surface area contributed by atoms with E-state index in [1.807, 2.05) is 23.1 Å². The van der Waals surface area contributed by atoms with Crippen molar-refractivity contribution in [2.24, 2.45) is 4.99 Å². The minimum absolute atomic E-state index is 0.106. The number of amidine groups is 1. The van der Waals surface area contributed by atoms with Crippen molar-refractivity contribution in [2.45, 2.75) is 82.9 Å². The highest BCUT2D eigenvalue weighted by Gasteiger charge is 2.39. The summed E-state index contributed by atoms with van der Waals surface area (Å²) in [6, 6.07) is 19.3. The van der Waals surface area contributed by atoms with E-state index in [1.54, 1.807) is 11.8 Å². The average Bonchev–Trinajstić information content (AvgIpc) is 3.27. The molecule has 2 aliphatic carbocycles. The summed E-state index contributed by atoms with van der Waals surface area (Å²) in [4.78, 5) is 21.7. The first-order valence-corrected chi connectivity index (χ1v) is 16.9. The van der Waals surface area contributed by atoms with Crippen LogP contribution in [0.2, 0.25) is 0 Å². The molecule has 1 aliphatic heterocycles. The van der Waals surface area contributed by atoms with Crippen LogP contribution in [0.5, 0.6) is 5.75 Å². The zero-order chi connectivity index (χ0) is 27.5. The molecule has 0 atom stereocenters. The van der Waals surface area contributed by atoms with Gasteiger partial charge in [-0.3, -0.25) is 14.7 Å². The van der Waals surface area contributed by atoms with Gasteiger partial charge in [0, 0.05) is 6.04 Å². The fraction of sp³-hybridized carbons (Fsp3) is 0.394. The molecule has 0 N–H and O–H groups in total. The van der Waals surface area contributed by atoms with Gasteiger partial charge in [-0.25, -0.2) is 0 Å². The van der Waals surface area contributed by atoms with Gasteiger partial charge in [-0.15, -0.1) is 0 Å². The smallest absolute Gasteiger partial charge is 0.266 e. The number of carbonyl (C=O) groups excluding carboxylic acids is 1. The van der Waals surface area contributed by atoms with Gasteiger partial charge in [0.2, 0.25) is 0 Å². The van der Waals surface area contributed by atoms with Crippen molar-refractivity contribution >= 4 is 71.5 Å². The molecule has 0 bridgehead atoms. The van der Waals surface area contributed by atoms with Crippen LogP contribution in [0, 0.1) is 0 Å². The van der Waals surface area contributed by atoms with Crippen molar-refractivity contribution in [2.75, 3.05) is 0 Å². The predicted octanol–water partition coefficient (Wildman–Crippen LogP) is 9.88. The Kier molecular flexibility index (Phi) is 9.00. The topological polar surface area (TPSA) is 41.9 Å². The molecule has 1 saturated heterocycles. The number of hydrogen-bond donors (Lipinski definition) is 0. The first-order chi connectivity index (χ1) is 19.6. The lowest BCUT2D eigenvalue weighted by Gasteiger charge is -2.31. The van der Waals surface area contributed by atoms with E-state index in [1.165, 1.54) is 49.3 Å². The SMILES string of the molecule is O=C1C(=Cc2cc(Br)c(OCc3cccc4ccccc34)c(Br)c2)SC(=NC2CCCCC2)N1C1CCCCC1. The minimum Gasteiger partial charge on any atom is -0.487 e. The molecule has 1 heterocycles. The van der Waals surface area contributed by atoms with Gasteiger partial charge in [0.05, 0.1) is 19.9 Å². The third kappa shape index (κ3) is 6.22. The third-order valence-electron chi connectivity index (χ3n) is 8.21. The Labute approximate surface area is 257 Å². The number of carbonyl (C=O) groups is 1. The Hall–Kier alpha value is -2.09. The van der Waals surface area contributed by atoms with Gasteiger partial charge in [-0.2, -0.15) is 0 Å². The van der Waals surface area contributed by atoms with Crippen LogP contribution in [0.4, 0.5) is 0 Å². The molecular formula is C33H34Br2N2O2S. The molecule has 6 rings (SSSR count). The van der Waals surface area contributed by atoms with E-state index in [-0.39, 0.29) is 11.9 Å². The molecule has 208 valence electrons. The standard InChI is InChI=1S/C33H34Br2N2O2S/c34-28-18-22(19-29(35)31(28)39-21-24-12-9-11-23-10-7-8-17-27(23)24)20-30-32(38)37(26-15-5-2-6-16-26)33(40-30)36-25-13-3-1-4-14-25/h7-12,17-20,25-26H,1-6,13-16,21H2. The highest BCUT2D eigenvalue weighted by atomic mass is 79.9. The van der Waals surface area contributed by atoms with E-state index in [9.17, 15) is 4.79 Å². The number of aliphatic imine (C=N–C) groups is 1. The largest absolute Gasteiger partial charge is 0.487 e. The summed E-state index contributed by atoms with van der Waals surface area (Å²) in [6.45, 7) is 0.463. The molecule has 3 aromatic carbocycles. The lowest BCUT2D eigenvalue weighted by molar-refractivity contribution is -0.124. The second-order valence-electron chi connectivity index (χ2n) is 11.0. The predicted molar refractivity (Wildman–Crippen MR) is 174 cm³/mol.